The number of carbonyl (C=O) groups is 2. The van der Waals surface area contributed by atoms with E-state index in [1.165, 1.54) is 11.1 Å². The number of rotatable bonds is 3. The minimum atomic E-state index is -0.682. The maximum atomic E-state index is 13.2. The van der Waals surface area contributed by atoms with Gasteiger partial charge in [-0.15, -0.1) is 0 Å². The molecule has 0 bridgehead atoms. The van der Waals surface area contributed by atoms with Crippen LogP contribution in [0.15, 0.2) is 12.1 Å². The van der Waals surface area contributed by atoms with Crippen molar-refractivity contribution in [3.05, 3.63) is 34.5 Å². The van der Waals surface area contributed by atoms with Gasteiger partial charge in [-0.1, -0.05) is 0 Å². The summed E-state index contributed by atoms with van der Waals surface area (Å²) < 4.78 is 0. The second-order valence-corrected chi connectivity index (χ2v) is 9.66. The number of nitrogens with one attached hydrogen (secondary N) is 3. The van der Waals surface area contributed by atoms with Gasteiger partial charge in [0.2, 0.25) is 11.8 Å². The molecule has 0 radical (unpaired) electrons. The van der Waals surface area contributed by atoms with Crippen LogP contribution in [0.25, 0.3) is 22.3 Å². The van der Waals surface area contributed by atoms with Gasteiger partial charge in [-0.3, -0.25) is 14.7 Å². The lowest BCUT2D eigenvalue weighted by molar-refractivity contribution is -0.125. The first-order valence-corrected chi connectivity index (χ1v) is 11.0. The highest BCUT2D eigenvalue weighted by Crippen LogP contribution is 2.46. The number of aryl methyl sites for hydroxylation is 2. The molecular weight excluding hydrogens is 390 g/mol. The summed E-state index contributed by atoms with van der Waals surface area (Å²) in [4.78, 5) is 31.0. The summed E-state index contributed by atoms with van der Waals surface area (Å²) in [5.74, 6) is -0.179. The van der Waals surface area contributed by atoms with Crippen molar-refractivity contribution in [3.8, 4) is 11.4 Å². The molecule has 162 valence electrons. The van der Waals surface area contributed by atoms with E-state index in [9.17, 15) is 9.59 Å². The quantitative estimate of drug-likeness (QED) is 0.606. The van der Waals surface area contributed by atoms with Crippen molar-refractivity contribution in [1.29, 1.82) is 0 Å². The minimum absolute atomic E-state index is 0.0344. The number of amides is 2. The Hall–Kier alpha value is -3.09. The van der Waals surface area contributed by atoms with E-state index in [0.29, 0.717) is 0 Å². The van der Waals surface area contributed by atoms with E-state index in [2.05, 4.69) is 39.6 Å². The smallest absolute Gasteiger partial charge is 0.240 e. The number of fused-ring (bicyclic) bond motifs is 6. The van der Waals surface area contributed by atoms with E-state index in [-0.39, 0.29) is 24.4 Å². The molecule has 0 saturated heterocycles. The van der Waals surface area contributed by atoms with Crippen LogP contribution in [0.5, 0.6) is 0 Å². The SMILES string of the molecule is Cc1[nH]nc2c1CCCc1c-2[nH]c2cc3c(cc12)N(CC(=O)NC(C)C)C(=O)C3(C)C. The Morgan fingerprint density at radius 3 is 2.74 bits per heavy atom. The Labute approximate surface area is 181 Å². The Morgan fingerprint density at radius 2 is 2.00 bits per heavy atom. The molecule has 0 spiro atoms. The second-order valence-electron chi connectivity index (χ2n) is 9.66. The van der Waals surface area contributed by atoms with Gasteiger partial charge in [0, 0.05) is 33.9 Å². The van der Waals surface area contributed by atoms with Crippen LogP contribution in [-0.2, 0) is 27.8 Å². The van der Waals surface area contributed by atoms with Gasteiger partial charge in [0.25, 0.3) is 0 Å². The number of H-pyrrole nitrogens is 2. The van der Waals surface area contributed by atoms with Crippen molar-refractivity contribution in [2.45, 2.75) is 65.3 Å². The molecule has 5 rings (SSSR count). The molecule has 1 aliphatic carbocycles. The van der Waals surface area contributed by atoms with E-state index in [0.717, 1.165) is 58.5 Å². The third-order valence-electron chi connectivity index (χ3n) is 6.68. The summed E-state index contributed by atoms with van der Waals surface area (Å²) in [5, 5.41) is 11.7. The van der Waals surface area contributed by atoms with Gasteiger partial charge in [-0.05, 0) is 77.1 Å². The van der Waals surface area contributed by atoms with Crippen molar-refractivity contribution in [2.75, 3.05) is 11.4 Å². The largest absolute Gasteiger partial charge is 0.353 e. The van der Waals surface area contributed by atoms with Crippen LogP contribution in [0.1, 0.15) is 56.5 Å². The van der Waals surface area contributed by atoms with Crippen LogP contribution in [0.4, 0.5) is 5.69 Å². The lowest BCUT2D eigenvalue weighted by Gasteiger charge is -2.20. The zero-order valence-corrected chi connectivity index (χ0v) is 18.8. The number of aromatic nitrogens is 3. The molecule has 31 heavy (non-hydrogen) atoms. The monoisotopic (exact) mass is 419 g/mol. The first kappa shape index (κ1) is 19.8. The maximum absolute atomic E-state index is 13.2. The number of nitrogens with zero attached hydrogens (tertiary/aromatic N) is 2. The van der Waals surface area contributed by atoms with Crippen molar-refractivity contribution < 1.29 is 9.59 Å². The third-order valence-corrected chi connectivity index (χ3v) is 6.68. The minimum Gasteiger partial charge on any atom is -0.353 e. The molecule has 3 aromatic rings. The maximum Gasteiger partial charge on any atom is 0.240 e. The van der Waals surface area contributed by atoms with Crippen molar-refractivity contribution in [1.82, 2.24) is 20.5 Å². The highest BCUT2D eigenvalue weighted by atomic mass is 16.2. The molecule has 7 nitrogen and oxygen atoms in total. The van der Waals surface area contributed by atoms with Gasteiger partial charge < -0.3 is 15.2 Å². The molecule has 1 aromatic carbocycles. The average molecular weight is 420 g/mol. The number of carbonyl (C=O) groups excluding carboxylic acids is 2. The van der Waals surface area contributed by atoms with Crippen LogP contribution in [0.3, 0.4) is 0 Å². The number of aromatic amines is 2. The highest BCUT2D eigenvalue weighted by Gasteiger charge is 2.45. The summed E-state index contributed by atoms with van der Waals surface area (Å²) in [6.07, 6.45) is 3.00. The van der Waals surface area contributed by atoms with Gasteiger partial charge in [0.05, 0.1) is 11.1 Å². The zero-order valence-electron chi connectivity index (χ0n) is 18.8. The number of anilines is 1. The molecule has 0 fully saturated rings. The molecule has 2 aliphatic rings. The normalized spacial score (nSPS) is 17.0. The predicted molar refractivity (Wildman–Crippen MR) is 121 cm³/mol. The molecular formula is C24H29N5O2. The van der Waals surface area contributed by atoms with Crippen LogP contribution >= 0.6 is 0 Å². The zero-order chi connectivity index (χ0) is 22.1. The summed E-state index contributed by atoms with van der Waals surface area (Å²) in [5.41, 5.74) is 7.85. The lowest BCUT2D eigenvalue weighted by Crippen LogP contribution is -2.44. The lowest BCUT2D eigenvalue weighted by atomic mass is 9.85. The molecule has 2 amide bonds. The van der Waals surface area contributed by atoms with Crippen molar-refractivity contribution >= 4 is 28.4 Å². The second kappa shape index (κ2) is 6.70. The van der Waals surface area contributed by atoms with Gasteiger partial charge in [-0.2, -0.15) is 5.10 Å². The van der Waals surface area contributed by atoms with E-state index < -0.39 is 5.41 Å². The summed E-state index contributed by atoms with van der Waals surface area (Å²) in [6.45, 7) is 9.82. The molecule has 2 aromatic heterocycles. The van der Waals surface area contributed by atoms with E-state index in [1.807, 2.05) is 27.7 Å². The molecule has 0 saturated carbocycles. The molecule has 3 N–H and O–H groups in total. The Bertz CT molecular complexity index is 1230. The van der Waals surface area contributed by atoms with Crippen LogP contribution < -0.4 is 10.2 Å². The fourth-order valence-electron chi connectivity index (χ4n) is 5.11. The summed E-state index contributed by atoms with van der Waals surface area (Å²) in [6, 6.07) is 4.23. The Kier molecular flexibility index (Phi) is 4.29. The topological polar surface area (TPSA) is 93.9 Å². The molecule has 0 unspecified atom stereocenters. The van der Waals surface area contributed by atoms with Crippen molar-refractivity contribution in [3.63, 3.8) is 0 Å². The predicted octanol–water partition coefficient (Wildman–Crippen LogP) is 3.50. The number of hydrogen-bond acceptors (Lipinski definition) is 3. The summed E-state index contributed by atoms with van der Waals surface area (Å²) in [7, 11) is 0. The van der Waals surface area contributed by atoms with Crippen molar-refractivity contribution in [2.24, 2.45) is 0 Å². The molecule has 3 heterocycles. The van der Waals surface area contributed by atoms with Crippen LogP contribution in [0.2, 0.25) is 0 Å². The molecule has 1 aliphatic heterocycles. The molecule has 0 atom stereocenters. The van der Waals surface area contributed by atoms with E-state index in [4.69, 9.17) is 0 Å². The number of benzene rings is 1. The molecule has 7 heteroatoms. The first-order chi connectivity index (χ1) is 14.7. The van der Waals surface area contributed by atoms with Crippen LogP contribution in [-0.4, -0.2) is 39.6 Å². The first-order valence-electron chi connectivity index (χ1n) is 11.0. The van der Waals surface area contributed by atoms with Gasteiger partial charge >= 0.3 is 0 Å². The third kappa shape index (κ3) is 2.90. The fourth-order valence-corrected chi connectivity index (χ4v) is 5.11. The Balaban J connectivity index is 1.66. The van der Waals surface area contributed by atoms with Crippen LogP contribution in [0, 0.1) is 6.92 Å². The standard InChI is InChI=1S/C24H29N5O2/c1-12(2)25-20(30)11-29-19-9-16-15-8-6-7-14-13(3)27-28-22(14)21(15)26-18(16)10-17(19)24(4,5)23(29)31/h9-10,12,26H,6-8,11H2,1-5H3,(H,25,30)(H,27,28). The Morgan fingerprint density at radius 1 is 1.26 bits per heavy atom. The fraction of sp³-hybridized carbons (Fsp3) is 0.458. The van der Waals surface area contributed by atoms with E-state index >= 15 is 0 Å². The summed E-state index contributed by atoms with van der Waals surface area (Å²) >= 11 is 0. The number of hydrogen-bond donors (Lipinski definition) is 3. The van der Waals surface area contributed by atoms with E-state index in [1.54, 1.807) is 4.90 Å². The average Bonchev–Trinajstić information content (AvgIpc) is 3.23. The highest BCUT2D eigenvalue weighted by molar-refractivity contribution is 6.12. The van der Waals surface area contributed by atoms with Gasteiger partial charge in [0.1, 0.15) is 12.2 Å². The van der Waals surface area contributed by atoms with Gasteiger partial charge in [0.15, 0.2) is 0 Å². The van der Waals surface area contributed by atoms with Gasteiger partial charge in [-0.25, -0.2) is 0 Å².